The molecule has 0 heterocycles. The average molecular weight is 649 g/mol. The summed E-state index contributed by atoms with van der Waals surface area (Å²) in [7, 11) is 0. The second kappa shape index (κ2) is 18.7. The van der Waals surface area contributed by atoms with Crippen LogP contribution in [0.2, 0.25) is 0 Å². The summed E-state index contributed by atoms with van der Waals surface area (Å²) < 4.78 is 0. The summed E-state index contributed by atoms with van der Waals surface area (Å²) >= 11 is 0. The summed E-state index contributed by atoms with van der Waals surface area (Å²) in [6.45, 7) is 13.6. The van der Waals surface area contributed by atoms with Crippen LogP contribution in [0.1, 0.15) is 73.8 Å². The Balaban J connectivity index is 2.81. The lowest BCUT2D eigenvalue weighted by atomic mass is 10.00. The van der Waals surface area contributed by atoms with Gasteiger partial charge in [-0.1, -0.05) is 53.7 Å². The number of aromatic hydroxyl groups is 1. The predicted octanol–water partition coefficient (Wildman–Crippen LogP) is 0.559. The van der Waals surface area contributed by atoms with Crippen molar-refractivity contribution < 1.29 is 39.0 Å². The number of rotatable bonds is 18. The van der Waals surface area contributed by atoms with E-state index in [9.17, 15) is 39.0 Å². The number of hydrogen-bond acceptors (Lipinski definition) is 8. The lowest BCUT2D eigenvalue weighted by molar-refractivity contribution is -0.143. The van der Waals surface area contributed by atoms with Gasteiger partial charge in [0.15, 0.2) is 0 Å². The number of phenolic OH excluding ortho intramolecular Hbond substituents is 1. The van der Waals surface area contributed by atoms with E-state index in [4.69, 9.17) is 5.73 Å². The fraction of sp³-hybridized carbons (Fsp3) is 0.625. The van der Waals surface area contributed by atoms with Crippen molar-refractivity contribution in [2.24, 2.45) is 23.5 Å². The fourth-order valence-corrected chi connectivity index (χ4v) is 4.51. The van der Waals surface area contributed by atoms with Crippen molar-refractivity contribution in [3.63, 3.8) is 0 Å². The highest BCUT2D eigenvalue weighted by atomic mass is 16.4. The van der Waals surface area contributed by atoms with Crippen LogP contribution in [0, 0.1) is 17.8 Å². The van der Waals surface area contributed by atoms with E-state index in [1.54, 1.807) is 26.0 Å². The van der Waals surface area contributed by atoms with Crippen LogP contribution in [-0.2, 0) is 35.2 Å². The second-order valence-corrected chi connectivity index (χ2v) is 12.9. The molecular weight excluding hydrogens is 596 g/mol. The number of carbonyl (C=O) groups is 6. The van der Waals surface area contributed by atoms with Gasteiger partial charge in [-0.2, -0.15) is 0 Å². The van der Waals surface area contributed by atoms with E-state index in [0.29, 0.717) is 0 Å². The third-order valence-electron chi connectivity index (χ3n) is 7.14. The monoisotopic (exact) mass is 648 g/mol. The van der Waals surface area contributed by atoms with Crippen molar-refractivity contribution in [2.75, 3.05) is 0 Å². The molecule has 258 valence electrons. The molecule has 14 heteroatoms. The van der Waals surface area contributed by atoms with Gasteiger partial charge in [0, 0.05) is 0 Å². The summed E-state index contributed by atoms with van der Waals surface area (Å²) in [4.78, 5) is 76.2. The Hall–Kier alpha value is -4.20. The van der Waals surface area contributed by atoms with E-state index in [2.05, 4.69) is 26.6 Å². The SMILES string of the molecule is CC(C)C[C@H](NC(=O)[C@@H](NC(=O)[C@H](C)NC(=O)[C@H](C)NC(=O)[C@H](CC(C)C)NC(=O)[C@@H](N)Cc1ccc(O)cc1)C(C)C)C(=O)O. The molecule has 0 bridgehead atoms. The zero-order valence-electron chi connectivity index (χ0n) is 28.0. The van der Waals surface area contributed by atoms with Crippen LogP contribution < -0.4 is 32.3 Å². The average Bonchev–Trinajstić information content (AvgIpc) is 2.95. The summed E-state index contributed by atoms with van der Waals surface area (Å²) in [5, 5.41) is 31.7. The number of nitrogens with one attached hydrogen (secondary N) is 5. The zero-order chi connectivity index (χ0) is 35.3. The molecule has 1 aromatic carbocycles. The van der Waals surface area contributed by atoms with Gasteiger partial charge in [-0.3, -0.25) is 24.0 Å². The third kappa shape index (κ3) is 13.8. The zero-order valence-corrected chi connectivity index (χ0v) is 28.0. The van der Waals surface area contributed by atoms with E-state index in [-0.39, 0.29) is 42.8 Å². The molecule has 14 nitrogen and oxygen atoms in total. The maximum atomic E-state index is 13.1. The highest BCUT2D eigenvalue weighted by Gasteiger charge is 2.32. The summed E-state index contributed by atoms with van der Waals surface area (Å²) in [6.07, 6.45) is 0.664. The topological polar surface area (TPSA) is 229 Å². The quantitative estimate of drug-likeness (QED) is 0.111. The maximum Gasteiger partial charge on any atom is 0.326 e. The first kappa shape index (κ1) is 39.8. The molecule has 46 heavy (non-hydrogen) atoms. The van der Waals surface area contributed by atoms with Gasteiger partial charge in [0.2, 0.25) is 29.5 Å². The van der Waals surface area contributed by atoms with Crippen molar-refractivity contribution in [1.29, 1.82) is 0 Å². The number of aliphatic carboxylic acids is 1. The first-order valence-electron chi connectivity index (χ1n) is 15.6. The molecule has 0 radical (unpaired) electrons. The number of carboxylic acids is 1. The number of hydrogen-bond donors (Lipinski definition) is 8. The molecule has 9 N–H and O–H groups in total. The highest BCUT2D eigenvalue weighted by Crippen LogP contribution is 2.12. The van der Waals surface area contributed by atoms with Gasteiger partial charge in [-0.05, 0) is 68.6 Å². The molecule has 0 fully saturated rings. The van der Waals surface area contributed by atoms with Gasteiger partial charge >= 0.3 is 5.97 Å². The van der Waals surface area contributed by atoms with E-state index < -0.39 is 71.8 Å². The minimum Gasteiger partial charge on any atom is -0.508 e. The van der Waals surface area contributed by atoms with Gasteiger partial charge in [0.05, 0.1) is 6.04 Å². The summed E-state index contributed by atoms with van der Waals surface area (Å²) in [6, 6.07) is -0.0595. The number of carbonyl (C=O) groups excluding carboxylic acids is 5. The van der Waals surface area contributed by atoms with E-state index >= 15 is 0 Å². The largest absolute Gasteiger partial charge is 0.508 e. The maximum absolute atomic E-state index is 13.1. The summed E-state index contributed by atoms with van der Waals surface area (Å²) in [5.74, 6) is -4.64. The van der Waals surface area contributed by atoms with Crippen LogP contribution in [0.15, 0.2) is 24.3 Å². The van der Waals surface area contributed by atoms with Crippen LogP contribution in [0.25, 0.3) is 0 Å². The molecule has 0 aromatic heterocycles. The Labute approximate surface area is 271 Å². The number of nitrogens with two attached hydrogens (primary N) is 1. The Kier molecular flexibility index (Phi) is 16.2. The molecule has 1 aromatic rings. The van der Waals surface area contributed by atoms with Crippen molar-refractivity contribution >= 4 is 35.5 Å². The minimum absolute atomic E-state index is 0.0114. The molecule has 0 aliphatic heterocycles. The fourth-order valence-electron chi connectivity index (χ4n) is 4.51. The van der Waals surface area contributed by atoms with Crippen LogP contribution in [0.4, 0.5) is 0 Å². The molecular formula is C32H52N6O8. The Bertz CT molecular complexity index is 1200. The molecule has 6 atom stereocenters. The standard InChI is InChI=1S/C32H52N6O8/c1-16(2)13-24(36-29(42)23(33)15-21-9-11-22(39)12-10-21)30(43)35-19(7)27(40)34-20(8)28(41)38-26(18(5)6)31(44)37-25(32(45)46)14-17(3)4/h9-12,16-20,23-26,39H,13-15,33H2,1-8H3,(H,34,40)(H,35,43)(H,36,42)(H,37,44)(H,38,41)(H,45,46)/t19-,20-,23-,24-,25-,26-/m0/s1. The van der Waals surface area contributed by atoms with Crippen LogP contribution in [-0.4, -0.2) is 82.0 Å². The Morgan fingerprint density at radius 1 is 0.630 bits per heavy atom. The highest BCUT2D eigenvalue weighted by molar-refractivity contribution is 5.96. The molecule has 0 aliphatic carbocycles. The molecule has 0 unspecified atom stereocenters. The Morgan fingerprint density at radius 3 is 1.57 bits per heavy atom. The van der Waals surface area contributed by atoms with Crippen LogP contribution in [0.3, 0.4) is 0 Å². The Morgan fingerprint density at radius 2 is 1.09 bits per heavy atom. The molecule has 0 saturated heterocycles. The van der Waals surface area contributed by atoms with Gasteiger partial charge < -0.3 is 42.5 Å². The van der Waals surface area contributed by atoms with Gasteiger partial charge in [-0.15, -0.1) is 0 Å². The van der Waals surface area contributed by atoms with Gasteiger partial charge in [0.25, 0.3) is 0 Å². The lowest BCUT2D eigenvalue weighted by Gasteiger charge is -2.27. The van der Waals surface area contributed by atoms with E-state index in [1.165, 1.54) is 26.0 Å². The first-order valence-corrected chi connectivity index (χ1v) is 15.6. The minimum atomic E-state index is -1.18. The molecule has 0 aliphatic rings. The van der Waals surface area contributed by atoms with Crippen LogP contribution >= 0.6 is 0 Å². The van der Waals surface area contributed by atoms with Crippen molar-refractivity contribution in [3.05, 3.63) is 29.8 Å². The smallest absolute Gasteiger partial charge is 0.326 e. The van der Waals surface area contributed by atoms with E-state index in [0.717, 1.165) is 5.56 Å². The number of amides is 5. The molecule has 5 amide bonds. The van der Waals surface area contributed by atoms with Crippen molar-refractivity contribution in [3.8, 4) is 5.75 Å². The predicted molar refractivity (Wildman–Crippen MR) is 172 cm³/mol. The molecule has 0 spiro atoms. The van der Waals surface area contributed by atoms with Crippen molar-refractivity contribution in [2.45, 2.75) is 111 Å². The van der Waals surface area contributed by atoms with Gasteiger partial charge in [0.1, 0.15) is 36.0 Å². The van der Waals surface area contributed by atoms with E-state index in [1.807, 2.05) is 27.7 Å². The molecule has 1 rings (SSSR count). The van der Waals surface area contributed by atoms with Crippen molar-refractivity contribution in [1.82, 2.24) is 26.6 Å². The molecule has 0 saturated carbocycles. The number of benzene rings is 1. The third-order valence-corrected chi connectivity index (χ3v) is 7.14. The number of carboxylic acid groups (broad SMARTS) is 1. The summed E-state index contributed by atoms with van der Waals surface area (Å²) in [5.41, 5.74) is 6.79. The number of phenols is 1. The first-order chi connectivity index (χ1) is 21.3. The normalized spacial score (nSPS) is 15.2. The lowest BCUT2D eigenvalue weighted by Crippen LogP contribution is -2.59. The second-order valence-electron chi connectivity index (χ2n) is 12.9. The van der Waals surface area contributed by atoms with Crippen LogP contribution in [0.5, 0.6) is 5.75 Å². The van der Waals surface area contributed by atoms with Gasteiger partial charge in [-0.25, -0.2) is 4.79 Å².